The van der Waals surface area contributed by atoms with Gasteiger partial charge in [0, 0.05) is 5.56 Å². The van der Waals surface area contributed by atoms with E-state index in [1.54, 1.807) is 0 Å². The van der Waals surface area contributed by atoms with E-state index in [-0.39, 0.29) is 0 Å². The van der Waals surface area contributed by atoms with Crippen molar-refractivity contribution in [3.05, 3.63) is 33.1 Å². The lowest BCUT2D eigenvalue weighted by molar-refractivity contribution is -0.386. The molecule has 0 aliphatic heterocycles. The van der Waals surface area contributed by atoms with Crippen LogP contribution in [-0.4, -0.2) is 21.0 Å². The Morgan fingerprint density at radius 1 is 1.67 bits per heavy atom. The molecule has 0 unspecified atom stereocenters. The van der Waals surface area contributed by atoms with Crippen LogP contribution in [0.1, 0.15) is 23.4 Å². The Kier molecular flexibility index (Phi) is 3.83. The first-order valence-electron chi connectivity index (χ1n) is 4.45. The second-order valence-corrected chi connectivity index (χ2v) is 3.14. The van der Waals surface area contributed by atoms with Gasteiger partial charge in [0.1, 0.15) is 11.8 Å². The first kappa shape index (κ1) is 13.4. The van der Waals surface area contributed by atoms with E-state index in [0.717, 1.165) is 0 Å². The zero-order valence-corrected chi connectivity index (χ0v) is 8.63. The maximum Gasteiger partial charge on any atom is 0.309 e. The lowest BCUT2D eigenvalue weighted by atomic mass is 10.1. The van der Waals surface area contributed by atoms with Gasteiger partial charge in [0.25, 0.3) is 6.43 Å². The first-order chi connectivity index (χ1) is 8.36. The van der Waals surface area contributed by atoms with E-state index in [2.05, 4.69) is 4.98 Å². The number of rotatable bonds is 4. The Morgan fingerprint density at radius 3 is 2.67 bits per heavy atom. The molecule has 1 aromatic rings. The maximum atomic E-state index is 12.4. The van der Waals surface area contributed by atoms with Crippen LogP contribution in [0.25, 0.3) is 0 Å². The number of aromatic nitrogens is 1. The van der Waals surface area contributed by atoms with Crippen molar-refractivity contribution in [2.75, 3.05) is 0 Å². The van der Waals surface area contributed by atoms with Gasteiger partial charge in [-0.25, -0.2) is 13.8 Å². The van der Waals surface area contributed by atoms with Crippen molar-refractivity contribution in [1.29, 1.82) is 5.26 Å². The fourth-order valence-corrected chi connectivity index (χ4v) is 1.30. The van der Waals surface area contributed by atoms with Gasteiger partial charge in [-0.1, -0.05) is 0 Å². The van der Waals surface area contributed by atoms with Crippen molar-refractivity contribution in [2.45, 2.75) is 12.8 Å². The SMILES string of the molecule is N#Cc1nc(C(F)F)cc(CC(=O)O)c1[N+](=O)[O-]. The zero-order chi connectivity index (χ0) is 13.9. The molecule has 1 heterocycles. The van der Waals surface area contributed by atoms with Crippen LogP contribution >= 0.6 is 0 Å². The summed E-state index contributed by atoms with van der Waals surface area (Å²) in [6.07, 6.45) is -3.89. The van der Waals surface area contributed by atoms with Gasteiger partial charge in [-0.05, 0) is 6.07 Å². The molecular formula is C9H5F2N3O4. The van der Waals surface area contributed by atoms with Gasteiger partial charge in [0.2, 0.25) is 5.69 Å². The van der Waals surface area contributed by atoms with E-state index in [1.165, 1.54) is 6.07 Å². The molecule has 0 aromatic carbocycles. The Hall–Kier alpha value is -2.63. The smallest absolute Gasteiger partial charge is 0.309 e. The summed E-state index contributed by atoms with van der Waals surface area (Å²) in [6.45, 7) is 0. The molecule has 0 saturated carbocycles. The number of nitriles is 1. The minimum atomic E-state index is -3.05. The molecule has 7 nitrogen and oxygen atoms in total. The van der Waals surface area contributed by atoms with E-state index in [1.807, 2.05) is 0 Å². The predicted molar refractivity (Wildman–Crippen MR) is 51.9 cm³/mol. The molecule has 0 radical (unpaired) electrons. The second-order valence-electron chi connectivity index (χ2n) is 3.14. The van der Waals surface area contributed by atoms with Crippen LogP contribution in [-0.2, 0) is 11.2 Å². The van der Waals surface area contributed by atoms with Crippen LogP contribution in [0.5, 0.6) is 0 Å². The Balaban J connectivity index is 3.52. The van der Waals surface area contributed by atoms with Gasteiger partial charge in [0.15, 0.2) is 0 Å². The topological polar surface area (TPSA) is 117 Å². The van der Waals surface area contributed by atoms with Crippen molar-refractivity contribution in [3.8, 4) is 6.07 Å². The van der Waals surface area contributed by atoms with Crippen LogP contribution in [0.3, 0.4) is 0 Å². The summed E-state index contributed by atoms with van der Waals surface area (Å²) in [5.41, 5.74) is -3.03. The van der Waals surface area contributed by atoms with Gasteiger partial charge < -0.3 is 5.11 Å². The average Bonchev–Trinajstić information content (AvgIpc) is 2.26. The number of nitrogens with zero attached hydrogens (tertiary/aromatic N) is 3. The average molecular weight is 257 g/mol. The van der Waals surface area contributed by atoms with E-state index >= 15 is 0 Å². The van der Waals surface area contributed by atoms with E-state index in [0.29, 0.717) is 6.07 Å². The molecule has 0 spiro atoms. The second kappa shape index (κ2) is 5.13. The minimum absolute atomic E-state index is 0.477. The lowest BCUT2D eigenvalue weighted by Gasteiger charge is -2.05. The molecule has 94 valence electrons. The number of alkyl halides is 2. The predicted octanol–water partition coefficient (Wildman–Crippen LogP) is 1.43. The highest BCUT2D eigenvalue weighted by molar-refractivity contribution is 5.73. The van der Waals surface area contributed by atoms with Crippen LogP contribution in [0, 0.1) is 21.4 Å². The monoisotopic (exact) mass is 257 g/mol. The molecule has 9 heteroatoms. The number of aliphatic carboxylic acids is 1. The summed E-state index contributed by atoms with van der Waals surface area (Å²) in [6, 6.07) is 1.93. The molecule has 0 atom stereocenters. The first-order valence-corrected chi connectivity index (χ1v) is 4.45. The number of carboxylic acid groups (broad SMARTS) is 1. The van der Waals surface area contributed by atoms with Crippen molar-refractivity contribution < 1.29 is 23.6 Å². The number of pyridine rings is 1. The summed E-state index contributed by atoms with van der Waals surface area (Å²) in [7, 11) is 0. The quantitative estimate of drug-likeness (QED) is 0.643. The van der Waals surface area contributed by atoms with Crippen molar-refractivity contribution in [3.63, 3.8) is 0 Å². The summed E-state index contributed by atoms with van der Waals surface area (Å²) < 4.78 is 24.9. The summed E-state index contributed by atoms with van der Waals surface area (Å²) in [5, 5.41) is 27.9. The normalized spacial score (nSPS) is 10.1. The van der Waals surface area contributed by atoms with E-state index < -0.39 is 46.4 Å². The fourth-order valence-electron chi connectivity index (χ4n) is 1.30. The summed E-state index contributed by atoms with van der Waals surface area (Å²) in [5.74, 6) is -1.44. The molecule has 18 heavy (non-hydrogen) atoms. The Morgan fingerprint density at radius 2 is 2.28 bits per heavy atom. The summed E-state index contributed by atoms with van der Waals surface area (Å²) >= 11 is 0. The third-order valence-corrected chi connectivity index (χ3v) is 1.95. The number of carboxylic acids is 1. The molecule has 0 aliphatic rings. The Labute approximate surface area is 98.4 Å². The van der Waals surface area contributed by atoms with Crippen LogP contribution in [0.4, 0.5) is 14.5 Å². The number of carbonyl (C=O) groups is 1. The maximum absolute atomic E-state index is 12.4. The highest BCUT2D eigenvalue weighted by Gasteiger charge is 2.26. The van der Waals surface area contributed by atoms with E-state index in [9.17, 15) is 23.7 Å². The van der Waals surface area contributed by atoms with Gasteiger partial charge >= 0.3 is 11.7 Å². The molecule has 0 bridgehead atoms. The fraction of sp³-hybridized carbons (Fsp3) is 0.222. The molecule has 1 N–H and O–H groups in total. The van der Waals surface area contributed by atoms with Gasteiger partial charge in [-0.15, -0.1) is 0 Å². The molecule has 0 saturated heterocycles. The number of nitro groups is 1. The van der Waals surface area contributed by atoms with Crippen LogP contribution in [0.15, 0.2) is 6.07 Å². The van der Waals surface area contributed by atoms with Crippen molar-refractivity contribution in [2.24, 2.45) is 0 Å². The van der Waals surface area contributed by atoms with Crippen LogP contribution in [0.2, 0.25) is 0 Å². The van der Waals surface area contributed by atoms with Crippen LogP contribution < -0.4 is 0 Å². The third-order valence-electron chi connectivity index (χ3n) is 1.95. The number of hydrogen-bond acceptors (Lipinski definition) is 5. The van der Waals surface area contributed by atoms with Gasteiger partial charge in [-0.2, -0.15) is 5.26 Å². The van der Waals surface area contributed by atoms with Crippen molar-refractivity contribution in [1.82, 2.24) is 4.98 Å². The number of halogens is 2. The molecule has 0 fully saturated rings. The molecule has 0 amide bonds. The third kappa shape index (κ3) is 2.73. The minimum Gasteiger partial charge on any atom is -0.481 e. The van der Waals surface area contributed by atoms with E-state index in [4.69, 9.17) is 10.4 Å². The largest absolute Gasteiger partial charge is 0.481 e. The summed E-state index contributed by atoms with van der Waals surface area (Å²) in [4.78, 5) is 23.3. The standard InChI is InChI=1S/C9H5F2N3O4/c10-9(11)5-1-4(2-7(15)16)8(14(17)18)6(3-12)13-5/h1,9H,2H2,(H,15,16). The highest BCUT2D eigenvalue weighted by atomic mass is 19.3. The molecule has 1 aromatic heterocycles. The zero-order valence-electron chi connectivity index (χ0n) is 8.63. The molecule has 0 aliphatic carbocycles. The van der Waals surface area contributed by atoms with Crippen molar-refractivity contribution >= 4 is 11.7 Å². The number of hydrogen-bond donors (Lipinski definition) is 1. The molecular weight excluding hydrogens is 252 g/mol. The van der Waals surface area contributed by atoms with Gasteiger partial charge in [-0.3, -0.25) is 14.9 Å². The lowest BCUT2D eigenvalue weighted by Crippen LogP contribution is -2.08. The molecule has 1 rings (SSSR count). The highest BCUT2D eigenvalue weighted by Crippen LogP contribution is 2.27. The Bertz CT molecular complexity index is 553. The van der Waals surface area contributed by atoms with Gasteiger partial charge in [0.05, 0.1) is 11.3 Å².